The fourth-order valence-corrected chi connectivity index (χ4v) is 1.52. The zero-order valence-corrected chi connectivity index (χ0v) is 9.84. The van der Waals surface area contributed by atoms with Gasteiger partial charge in [-0.1, -0.05) is 64.5 Å². The molecule has 0 spiro atoms. The minimum absolute atomic E-state index is 0.207. The number of unbranched alkanes of at least 4 members (excludes halogenated alkanes) is 5. The molecule has 84 valence electrons. The van der Waals surface area contributed by atoms with Gasteiger partial charge in [-0.2, -0.15) is 0 Å². The van der Waals surface area contributed by atoms with Crippen LogP contribution in [0.25, 0.3) is 0 Å². The van der Waals surface area contributed by atoms with Crippen molar-refractivity contribution in [3.8, 4) is 0 Å². The number of rotatable bonds is 9. The van der Waals surface area contributed by atoms with Crippen molar-refractivity contribution in [3.05, 3.63) is 12.2 Å². The molecule has 0 heterocycles. The maximum atomic E-state index is 9.50. The lowest BCUT2D eigenvalue weighted by Crippen LogP contribution is -2.01. The summed E-state index contributed by atoms with van der Waals surface area (Å²) in [5, 5.41) is 9.50. The van der Waals surface area contributed by atoms with Crippen LogP contribution in [0.1, 0.15) is 65.2 Å². The van der Waals surface area contributed by atoms with E-state index in [1.165, 1.54) is 38.5 Å². The van der Waals surface area contributed by atoms with E-state index >= 15 is 0 Å². The van der Waals surface area contributed by atoms with Crippen LogP contribution in [0.2, 0.25) is 0 Å². The zero-order valence-electron chi connectivity index (χ0n) is 9.84. The van der Waals surface area contributed by atoms with Crippen LogP contribution < -0.4 is 0 Å². The number of hydrogen-bond acceptors (Lipinski definition) is 1. The molecule has 14 heavy (non-hydrogen) atoms. The first-order chi connectivity index (χ1) is 6.81. The quantitative estimate of drug-likeness (QED) is 0.437. The second-order valence-corrected chi connectivity index (χ2v) is 3.96. The standard InChI is InChI=1S/C13H26O/c1-3-5-7-8-9-10-12-13(14)11-6-4-2/h6,11,13-14H,3-5,7-10,12H2,1-2H3/t13-/m1/s1. The number of hydrogen-bond donors (Lipinski definition) is 1. The second-order valence-electron chi connectivity index (χ2n) is 3.96. The Hall–Kier alpha value is -0.300. The Labute approximate surface area is 89.2 Å². The van der Waals surface area contributed by atoms with Crippen LogP contribution in [0, 0.1) is 0 Å². The zero-order chi connectivity index (χ0) is 10.6. The fraction of sp³-hybridized carbons (Fsp3) is 0.846. The van der Waals surface area contributed by atoms with Crippen molar-refractivity contribution in [1.82, 2.24) is 0 Å². The molecule has 1 atom stereocenters. The van der Waals surface area contributed by atoms with E-state index in [1.54, 1.807) is 0 Å². The van der Waals surface area contributed by atoms with Gasteiger partial charge >= 0.3 is 0 Å². The van der Waals surface area contributed by atoms with Crippen molar-refractivity contribution < 1.29 is 5.11 Å². The molecule has 0 aliphatic carbocycles. The highest BCUT2D eigenvalue weighted by molar-refractivity contribution is 4.87. The smallest absolute Gasteiger partial charge is 0.0720 e. The van der Waals surface area contributed by atoms with Crippen molar-refractivity contribution in [2.45, 2.75) is 71.3 Å². The summed E-state index contributed by atoms with van der Waals surface area (Å²) in [4.78, 5) is 0. The predicted molar refractivity (Wildman–Crippen MR) is 63.4 cm³/mol. The van der Waals surface area contributed by atoms with E-state index in [2.05, 4.69) is 13.8 Å². The first kappa shape index (κ1) is 13.7. The topological polar surface area (TPSA) is 20.2 Å². The molecule has 1 heteroatoms. The lowest BCUT2D eigenvalue weighted by Gasteiger charge is -2.04. The molecule has 0 saturated heterocycles. The third-order valence-electron chi connectivity index (χ3n) is 2.45. The molecule has 0 saturated carbocycles. The molecule has 0 rings (SSSR count). The van der Waals surface area contributed by atoms with Gasteiger partial charge in [0.05, 0.1) is 6.10 Å². The second kappa shape index (κ2) is 10.8. The van der Waals surface area contributed by atoms with Gasteiger partial charge in [0.25, 0.3) is 0 Å². The maximum absolute atomic E-state index is 9.50. The van der Waals surface area contributed by atoms with Gasteiger partial charge in [0.2, 0.25) is 0 Å². The molecule has 0 aromatic heterocycles. The molecule has 0 fully saturated rings. The normalized spacial score (nSPS) is 13.6. The summed E-state index contributed by atoms with van der Waals surface area (Å²) >= 11 is 0. The summed E-state index contributed by atoms with van der Waals surface area (Å²) < 4.78 is 0. The first-order valence-corrected chi connectivity index (χ1v) is 6.16. The summed E-state index contributed by atoms with van der Waals surface area (Å²) in [7, 11) is 0. The summed E-state index contributed by atoms with van der Waals surface area (Å²) in [5.41, 5.74) is 0. The molecule has 1 N–H and O–H groups in total. The Morgan fingerprint density at radius 3 is 2.29 bits per heavy atom. The maximum Gasteiger partial charge on any atom is 0.0720 e. The Bertz CT molecular complexity index is 129. The number of aliphatic hydroxyl groups is 1. The monoisotopic (exact) mass is 198 g/mol. The van der Waals surface area contributed by atoms with Crippen molar-refractivity contribution in [3.63, 3.8) is 0 Å². The van der Waals surface area contributed by atoms with Crippen molar-refractivity contribution in [2.75, 3.05) is 0 Å². The van der Waals surface area contributed by atoms with E-state index < -0.39 is 0 Å². The highest BCUT2D eigenvalue weighted by atomic mass is 16.3. The fourth-order valence-electron chi connectivity index (χ4n) is 1.52. The van der Waals surface area contributed by atoms with E-state index in [0.717, 1.165) is 12.8 Å². The highest BCUT2D eigenvalue weighted by Gasteiger charge is 1.97. The third kappa shape index (κ3) is 9.79. The van der Waals surface area contributed by atoms with Crippen LogP contribution in [0.5, 0.6) is 0 Å². The Kier molecular flexibility index (Phi) is 10.5. The van der Waals surface area contributed by atoms with Crippen LogP contribution in [-0.2, 0) is 0 Å². The summed E-state index contributed by atoms with van der Waals surface area (Å²) in [5.74, 6) is 0. The largest absolute Gasteiger partial charge is 0.389 e. The molecule has 0 aromatic rings. The molecule has 0 unspecified atom stereocenters. The molecular formula is C13H26O. The Balaban J connectivity index is 3.14. The van der Waals surface area contributed by atoms with Crippen LogP contribution in [0.4, 0.5) is 0 Å². The highest BCUT2D eigenvalue weighted by Crippen LogP contribution is 2.09. The van der Waals surface area contributed by atoms with Crippen LogP contribution in [0.15, 0.2) is 12.2 Å². The molecular weight excluding hydrogens is 172 g/mol. The number of allylic oxidation sites excluding steroid dienone is 1. The van der Waals surface area contributed by atoms with E-state index in [0.29, 0.717) is 0 Å². The molecule has 0 radical (unpaired) electrons. The van der Waals surface area contributed by atoms with Gasteiger partial charge in [0.1, 0.15) is 0 Å². The lowest BCUT2D eigenvalue weighted by molar-refractivity contribution is 0.207. The molecule has 0 amide bonds. The summed E-state index contributed by atoms with van der Waals surface area (Å²) in [6, 6.07) is 0. The molecule has 0 aliphatic heterocycles. The van der Waals surface area contributed by atoms with Gasteiger partial charge in [-0.25, -0.2) is 0 Å². The van der Waals surface area contributed by atoms with E-state index in [1.807, 2.05) is 12.2 Å². The van der Waals surface area contributed by atoms with E-state index in [-0.39, 0.29) is 6.10 Å². The third-order valence-corrected chi connectivity index (χ3v) is 2.45. The van der Waals surface area contributed by atoms with Crippen LogP contribution in [-0.4, -0.2) is 11.2 Å². The number of aliphatic hydroxyl groups excluding tert-OH is 1. The lowest BCUT2D eigenvalue weighted by atomic mass is 10.1. The van der Waals surface area contributed by atoms with Crippen LogP contribution >= 0.6 is 0 Å². The van der Waals surface area contributed by atoms with Crippen molar-refractivity contribution >= 4 is 0 Å². The molecule has 0 aliphatic rings. The SMILES string of the molecule is CCC=C[C@@H](O)CCCCCCCC. The van der Waals surface area contributed by atoms with Crippen molar-refractivity contribution in [1.29, 1.82) is 0 Å². The Morgan fingerprint density at radius 1 is 1.00 bits per heavy atom. The van der Waals surface area contributed by atoms with Crippen molar-refractivity contribution in [2.24, 2.45) is 0 Å². The van der Waals surface area contributed by atoms with Gasteiger partial charge in [-0.15, -0.1) is 0 Å². The van der Waals surface area contributed by atoms with Gasteiger partial charge in [0, 0.05) is 0 Å². The molecule has 0 aromatic carbocycles. The van der Waals surface area contributed by atoms with Gasteiger partial charge < -0.3 is 5.11 Å². The van der Waals surface area contributed by atoms with E-state index in [4.69, 9.17) is 0 Å². The Morgan fingerprint density at radius 2 is 1.64 bits per heavy atom. The molecule has 0 bridgehead atoms. The van der Waals surface area contributed by atoms with Gasteiger partial charge in [0.15, 0.2) is 0 Å². The van der Waals surface area contributed by atoms with Gasteiger partial charge in [-0.05, 0) is 12.8 Å². The molecule has 1 nitrogen and oxygen atoms in total. The average molecular weight is 198 g/mol. The predicted octanol–water partition coefficient (Wildman–Crippen LogP) is 4.06. The minimum atomic E-state index is -0.207. The minimum Gasteiger partial charge on any atom is -0.389 e. The van der Waals surface area contributed by atoms with E-state index in [9.17, 15) is 5.11 Å². The summed E-state index contributed by atoms with van der Waals surface area (Å²) in [6.07, 6.45) is 13.5. The van der Waals surface area contributed by atoms with Crippen LogP contribution in [0.3, 0.4) is 0 Å². The average Bonchev–Trinajstić information content (AvgIpc) is 2.20. The first-order valence-electron chi connectivity index (χ1n) is 6.16. The van der Waals surface area contributed by atoms with Gasteiger partial charge in [-0.3, -0.25) is 0 Å². The summed E-state index contributed by atoms with van der Waals surface area (Å²) in [6.45, 7) is 4.33.